The van der Waals surface area contributed by atoms with Gasteiger partial charge in [-0.15, -0.1) is 0 Å². The summed E-state index contributed by atoms with van der Waals surface area (Å²) in [5.74, 6) is -0.813. The maximum absolute atomic E-state index is 15.0. The highest BCUT2D eigenvalue weighted by Gasteiger charge is 2.33. The van der Waals surface area contributed by atoms with Gasteiger partial charge in [-0.25, -0.2) is 14.0 Å². The molecule has 0 radical (unpaired) electrons. The lowest BCUT2D eigenvalue weighted by atomic mass is 9.91. The van der Waals surface area contributed by atoms with Gasteiger partial charge in [-0.05, 0) is 93.3 Å². The molecule has 1 saturated carbocycles. The van der Waals surface area contributed by atoms with Crippen LogP contribution in [0.15, 0.2) is 35.9 Å². The van der Waals surface area contributed by atoms with Crippen LogP contribution in [0.3, 0.4) is 0 Å². The average molecular weight is 655 g/mol. The van der Waals surface area contributed by atoms with E-state index in [2.05, 4.69) is 4.90 Å². The second-order valence-electron chi connectivity index (χ2n) is 14.0. The van der Waals surface area contributed by atoms with E-state index in [-0.39, 0.29) is 30.4 Å². The summed E-state index contributed by atoms with van der Waals surface area (Å²) >= 11 is 0. The van der Waals surface area contributed by atoms with Crippen LogP contribution >= 0.6 is 0 Å². The van der Waals surface area contributed by atoms with E-state index in [9.17, 15) is 23.9 Å². The molecular formula is C36H51FN4O6. The number of halogens is 1. The lowest BCUT2D eigenvalue weighted by Gasteiger charge is -2.36. The Morgan fingerprint density at radius 1 is 1.02 bits per heavy atom. The second-order valence-corrected chi connectivity index (χ2v) is 14.0. The molecule has 1 N–H and O–H groups in total. The number of urea groups is 1. The molecule has 2 saturated heterocycles. The summed E-state index contributed by atoms with van der Waals surface area (Å²) in [4.78, 5) is 46.7. The van der Waals surface area contributed by atoms with Crippen molar-refractivity contribution in [3.63, 3.8) is 0 Å². The highest BCUT2D eigenvalue weighted by molar-refractivity contribution is 5.93. The molecule has 1 aliphatic carbocycles. The van der Waals surface area contributed by atoms with E-state index >= 15 is 0 Å². The van der Waals surface area contributed by atoms with Crippen LogP contribution in [0.2, 0.25) is 0 Å². The number of anilines is 1. The Morgan fingerprint density at radius 2 is 1.77 bits per heavy atom. The first kappa shape index (κ1) is 34.9. The number of aliphatic hydroxyl groups is 1. The molecule has 11 heteroatoms. The van der Waals surface area contributed by atoms with Crippen molar-refractivity contribution in [1.29, 1.82) is 0 Å². The Labute approximate surface area is 278 Å². The number of aliphatic hydroxyl groups excluding tert-OH is 1. The second kappa shape index (κ2) is 15.6. The van der Waals surface area contributed by atoms with E-state index in [0.717, 1.165) is 45.4 Å². The number of hydrogen-bond acceptors (Lipinski definition) is 7. The Bertz CT molecular complexity index is 1340. The lowest BCUT2D eigenvalue weighted by molar-refractivity contribution is -0.151. The molecule has 3 amide bonds. The number of benzene rings is 1. The zero-order valence-electron chi connectivity index (χ0n) is 28.3. The van der Waals surface area contributed by atoms with Crippen molar-refractivity contribution < 1.29 is 33.4 Å². The first-order chi connectivity index (χ1) is 22.5. The van der Waals surface area contributed by atoms with Crippen LogP contribution in [0.5, 0.6) is 0 Å². The summed E-state index contributed by atoms with van der Waals surface area (Å²) in [6.45, 7) is 10.5. The fraction of sp³-hybridized carbons (Fsp3) is 0.639. The third-order valence-electron chi connectivity index (χ3n) is 9.80. The van der Waals surface area contributed by atoms with Gasteiger partial charge in [-0.3, -0.25) is 9.69 Å². The van der Waals surface area contributed by atoms with E-state index in [1.54, 1.807) is 21.9 Å². The van der Waals surface area contributed by atoms with Crippen molar-refractivity contribution >= 4 is 29.9 Å². The van der Waals surface area contributed by atoms with Crippen molar-refractivity contribution in [2.24, 2.45) is 17.8 Å². The minimum atomic E-state index is -0.894. The van der Waals surface area contributed by atoms with Crippen molar-refractivity contribution in [2.75, 3.05) is 57.8 Å². The van der Waals surface area contributed by atoms with Crippen LogP contribution in [0.25, 0.3) is 6.08 Å². The normalized spacial score (nSPS) is 29.5. The Hall–Kier alpha value is -3.44. The fourth-order valence-electron chi connectivity index (χ4n) is 6.61. The minimum Gasteiger partial charge on any atom is -0.457 e. The monoisotopic (exact) mass is 654 g/mol. The number of ether oxygens (including phenoxy) is 2. The number of carbonyl (C=O) groups is 3. The van der Waals surface area contributed by atoms with Gasteiger partial charge in [0, 0.05) is 57.4 Å². The third kappa shape index (κ3) is 9.56. The molecule has 1 aromatic carbocycles. The zero-order valence-corrected chi connectivity index (χ0v) is 28.3. The molecule has 0 aromatic heterocycles. The van der Waals surface area contributed by atoms with Crippen molar-refractivity contribution in [1.82, 2.24) is 14.7 Å². The topological polar surface area (TPSA) is 103 Å². The Morgan fingerprint density at radius 3 is 2.49 bits per heavy atom. The third-order valence-corrected chi connectivity index (χ3v) is 9.80. The summed E-state index contributed by atoms with van der Waals surface area (Å²) in [5.41, 5.74) is 1.73. The predicted octanol–water partition coefficient (Wildman–Crippen LogP) is 5.31. The molecular weight excluding hydrogens is 603 g/mol. The smallest absolute Gasteiger partial charge is 0.410 e. The number of piperazine rings is 1. The summed E-state index contributed by atoms with van der Waals surface area (Å²) < 4.78 is 26.9. The molecule has 10 nitrogen and oxygen atoms in total. The first-order valence-corrected chi connectivity index (χ1v) is 17.2. The van der Waals surface area contributed by atoms with Gasteiger partial charge in [0.1, 0.15) is 18.0 Å². The molecule has 4 aliphatic rings. The maximum atomic E-state index is 15.0. The van der Waals surface area contributed by atoms with E-state index in [0.29, 0.717) is 55.2 Å². The number of hydrogen-bond donors (Lipinski definition) is 1. The van der Waals surface area contributed by atoms with Crippen LogP contribution in [-0.4, -0.2) is 109 Å². The molecule has 3 fully saturated rings. The SMILES string of the molecule is C/C(=C\c1cc(F)cc(N2CCCN(CC3CC3)C2=O)c1)[C@H]1OC(=O)C[C@H](O)CC[C@H](C)[C@@H](OC(=O)N2CCN(C)CC2)/C=C\[C@@H]1C. The van der Waals surface area contributed by atoms with Gasteiger partial charge >= 0.3 is 18.1 Å². The van der Waals surface area contributed by atoms with E-state index in [1.165, 1.54) is 12.1 Å². The summed E-state index contributed by atoms with van der Waals surface area (Å²) in [5, 5.41) is 10.6. The number of nitrogens with zero attached hydrogens (tertiary/aromatic N) is 4. The number of likely N-dealkylation sites (N-methyl/N-ethyl adjacent to an activating group) is 1. The van der Waals surface area contributed by atoms with Gasteiger partial charge in [0.15, 0.2) is 0 Å². The van der Waals surface area contributed by atoms with E-state index in [1.807, 2.05) is 44.9 Å². The standard InChI is InChI=1S/C36H51FN4O6/c1-24-6-10-31(42)22-33(43)47-34(25(2)7-11-32(24)46-36(45)39-16-14-38(4)15-17-39)26(3)18-28-19-29(37)21-30(20-28)41-13-5-12-40(35(41)44)23-27-8-9-27/h7,11,18-21,24-25,27,31-32,34,42H,5-6,8-10,12-17,22-23H2,1-4H3/b11-7-,26-18+/t24-,25-,31+,32-,34-/m0/s1. The highest BCUT2D eigenvalue weighted by atomic mass is 19.1. The zero-order chi connectivity index (χ0) is 33.7. The molecule has 47 heavy (non-hydrogen) atoms. The molecule has 5 rings (SSSR count). The largest absolute Gasteiger partial charge is 0.457 e. The predicted molar refractivity (Wildman–Crippen MR) is 178 cm³/mol. The molecule has 5 atom stereocenters. The number of esters is 1. The first-order valence-electron chi connectivity index (χ1n) is 17.2. The van der Waals surface area contributed by atoms with Crippen LogP contribution < -0.4 is 4.90 Å². The van der Waals surface area contributed by atoms with Crippen LogP contribution in [0, 0.1) is 23.6 Å². The number of carbonyl (C=O) groups excluding carboxylic acids is 3. The number of cyclic esters (lactones) is 1. The van der Waals surface area contributed by atoms with Crippen molar-refractivity contribution in [3.8, 4) is 0 Å². The van der Waals surface area contributed by atoms with Crippen molar-refractivity contribution in [2.45, 2.75) is 77.6 Å². The summed E-state index contributed by atoms with van der Waals surface area (Å²) in [6.07, 6.45) is 6.95. The molecule has 0 unspecified atom stereocenters. The molecule has 3 aliphatic heterocycles. The van der Waals surface area contributed by atoms with Gasteiger partial charge in [0.05, 0.1) is 12.5 Å². The highest BCUT2D eigenvalue weighted by Crippen LogP contribution is 2.32. The minimum absolute atomic E-state index is 0.0848. The van der Waals surface area contributed by atoms with Crippen molar-refractivity contribution in [3.05, 3.63) is 47.3 Å². The van der Waals surface area contributed by atoms with E-state index in [4.69, 9.17) is 9.47 Å². The maximum Gasteiger partial charge on any atom is 0.410 e. The van der Waals surface area contributed by atoms with Gasteiger partial charge in [-0.1, -0.05) is 26.0 Å². The number of amides is 3. The van der Waals surface area contributed by atoms with E-state index < -0.39 is 30.1 Å². The molecule has 0 bridgehead atoms. The summed E-state index contributed by atoms with van der Waals surface area (Å²) in [6, 6.07) is 4.49. The quantitative estimate of drug-likeness (QED) is 0.328. The summed E-state index contributed by atoms with van der Waals surface area (Å²) in [7, 11) is 2.03. The molecule has 1 aromatic rings. The molecule has 0 spiro atoms. The number of rotatable bonds is 6. The molecule has 258 valence electrons. The van der Waals surface area contributed by atoms with Gasteiger partial charge in [0.25, 0.3) is 0 Å². The van der Waals surface area contributed by atoms with Crippen LogP contribution in [0.1, 0.15) is 64.9 Å². The Balaban J connectivity index is 1.36. The average Bonchev–Trinajstić information content (AvgIpc) is 3.85. The van der Waals surface area contributed by atoms with Gasteiger partial charge in [-0.2, -0.15) is 0 Å². The van der Waals surface area contributed by atoms with Gasteiger partial charge < -0.3 is 29.3 Å². The van der Waals surface area contributed by atoms with Crippen LogP contribution in [-0.2, 0) is 14.3 Å². The fourth-order valence-corrected chi connectivity index (χ4v) is 6.61. The van der Waals surface area contributed by atoms with Gasteiger partial charge in [0.2, 0.25) is 0 Å². The molecule has 3 heterocycles. The Kier molecular flexibility index (Phi) is 11.6. The van der Waals surface area contributed by atoms with Crippen LogP contribution in [0.4, 0.5) is 19.7 Å². The lowest BCUT2D eigenvalue weighted by Crippen LogP contribution is -2.50.